The van der Waals surface area contributed by atoms with E-state index < -0.39 is 72.0 Å². The van der Waals surface area contributed by atoms with Gasteiger partial charge in [-0.1, -0.05) is 35.4 Å². The van der Waals surface area contributed by atoms with E-state index in [4.69, 9.17) is 14.7 Å². The summed E-state index contributed by atoms with van der Waals surface area (Å²) in [5.41, 5.74) is -0.679. The van der Waals surface area contributed by atoms with Gasteiger partial charge in [0.15, 0.2) is 22.3 Å². The predicted octanol–water partition coefficient (Wildman–Crippen LogP) is 7.40. The van der Waals surface area contributed by atoms with Gasteiger partial charge in [-0.05, 0) is 42.7 Å². The van der Waals surface area contributed by atoms with E-state index in [1.165, 1.54) is 23.3 Å². The number of aromatic nitrogens is 6. The molecule has 6 aromatic rings. The number of aryl methyl sites for hydroxylation is 1. The Labute approximate surface area is 322 Å². The number of halogens is 7. The van der Waals surface area contributed by atoms with Crippen LogP contribution in [0.5, 0.6) is 0 Å². The first-order valence-electron chi connectivity index (χ1n) is 17.4. The Morgan fingerprint density at radius 1 is 1.05 bits per heavy atom. The number of alkyl halides is 5. The number of amides is 1. The van der Waals surface area contributed by atoms with Crippen LogP contribution in [-0.2, 0) is 48.1 Å². The molecule has 56 heavy (non-hydrogen) atoms. The van der Waals surface area contributed by atoms with Gasteiger partial charge in [0.1, 0.15) is 23.9 Å². The molecule has 294 valence electrons. The normalized spacial score (nSPS) is 16.1. The van der Waals surface area contributed by atoms with Gasteiger partial charge in [-0.25, -0.2) is 13.8 Å². The Hall–Kier alpha value is -4.95. The quantitative estimate of drug-likeness (QED) is 0.108. The van der Waals surface area contributed by atoms with Crippen LogP contribution in [0.4, 0.5) is 41.7 Å². The highest BCUT2D eigenvalue weighted by atomic mass is 32.2. The third-order valence-electron chi connectivity index (χ3n) is 9.71. The first-order valence-corrected chi connectivity index (χ1v) is 19.4. The minimum Gasteiger partial charge on any atom is -0.378 e. The number of carbonyl (C=O) groups excluding carboxylic acids is 1. The molecule has 5 heterocycles. The molecule has 0 radical (unpaired) electrons. The first kappa shape index (κ1) is 37.9. The van der Waals surface area contributed by atoms with Crippen LogP contribution < -0.4 is 14.9 Å². The third-order valence-corrected chi connectivity index (χ3v) is 11.2. The summed E-state index contributed by atoms with van der Waals surface area (Å²) in [6.45, 7) is 1.19. The van der Waals surface area contributed by atoms with Gasteiger partial charge < -0.3 is 19.7 Å². The van der Waals surface area contributed by atoms with Gasteiger partial charge in [-0.15, -0.1) is 0 Å². The molecule has 2 aromatic carbocycles. The van der Waals surface area contributed by atoms with Gasteiger partial charge in [0.25, 0.3) is 5.92 Å². The highest BCUT2D eigenvalue weighted by molar-refractivity contribution is 7.99. The lowest BCUT2D eigenvalue weighted by atomic mass is 9.94. The lowest BCUT2D eigenvalue weighted by molar-refractivity contribution is -0.142. The van der Waals surface area contributed by atoms with E-state index in [2.05, 4.69) is 25.1 Å². The number of pyridine rings is 1. The Bertz CT molecular complexity index is 2460. The standard InChI is InChI=1S/C36H32F7N9O2S2/c1-50-29-21(4-3-5-22(29)32(48-50)49-55-2)24-16-26-33(46-34(56-26)51-8-10-54-11-9-51)45-28(24)25(14-18-12-19(37)15-20(38)13-18)44-27(53)17-52-31-23(6-7-35(31,39)40)30(47-52)36(41,42)43/h3-5,12-13,15-16,25H,6-11,14,17H2,1-2H3,(H,44,53)(H,48,49). The highest BCUT2D eigenvalue weighted by Crippen LogP contribution is 2.46. The van der Waals surface area contributed by atoms with E-state index in [1.807, 2.05) is 30.5 Å². The molecule has 0 spiro atoms. The maximum absolute atomic E-state index is 15.0. The van der Waals surface area contributed by atoms with Gasteiger partial charge in [-0.3, -0.25) is 14.2 Å². The maximum Gasteiger partial charge on any atom is 0.435 e. The number of para-hydroxylation sites is 1. The lowest BCUT2D eigenvalue weighted by Gasteiger charge is -2.25. The average molecular weight is 820 g/mol. The predicted molar refractivity (Wildman–Crippen MR) is 198 cm³/mol. The van der Waals surface area contributed by atoms with Gasteiger partial charge in [0.2, 0.25) is 5.91 Å². The van der Waals surface area contributed by atoms with Crippen molar-refractivity contribution in [3.8, 4) is 11.1 Å². The van der Waals surface area contributed by atoms with E-state index in [0.717, 1.165) is 17.5 Å². The number of hydrogen-bond acceptors (Lipinski definition) is 10. The summed E-state index contributed by atoms with van der Waals surface area (Å²) >= 11 is 2.74. The monoisotopic (exact) mass is 819 g/mol. The lowest BCUT2D eigenvalue weighted by Crippen LogP contribution is -2.36. The van der Waals surface area contributed by atoms with Crippen LogP contribution in [0.3, 0.4) is 0 Å². The summed E-state index contributed by atoms with van der Waals surface area (Å²) in [5.74, 6) is -5.82. The molecular formula is C36H32F7N9O2S2. The molecule has 1 unspecified atom stereocenters. The minimum atomic E-state index is -5.03. The number of carbonyl (C=O) groups is 1. The second-order valence-electron chi connectivity index (χ2n) is 13.5. The van der Waals surface area contributed by atoms with Crippen molar-refractivity contribution in [3.05, 3.63) is 82.3 Å². The molecule has 1 aliphatic heterocycles. The zero-order valence-corrected chi connectivity index (χ0v) is 31.3. The summed E-state index contributed by atoms with van der Waals surface area (Å²) in [5, 5.41) is 12.3. The van der Waals surface area contributed by atoms with E-state index >= 15 is 8.78 Å². The van der Waals surface area contributed by atoms with Crippen molar-refractivity contribution in [2.75, 3.05) is 42.2 Å². The molecule has 1 aliphatic carbocycles. The van der Waals surface area contributed by atoms with Crippen molar-refractivity contribution in [3.63, 3.8) is 0 Å². The number of nitrogens with one attached hydrogen (secondary N) is 2. The Morgan fingerprint density at radius 3 is 2.52 bits per heavy atom. The number of anilines is 2. The largest absolute Gasteiger partial charge is 0.435 e. The zero-order valence-electron chi connectivity index (χ0n) is 29.7. The van der Waals surface area contributed by atoms with Crippen LogP contribution in [0.1, 0.15) is 40.7 Å². The Morgan fingerprint density at radius 2 is 1.80 bits per heavy atom. The second kappa shape index (κ2) is 14.5. The van der Waals surface area contributed by atoms with Crippen LogP contribution >= 0.6 is 23.3 Å². The number of fused-ring (bicyclic) bond motifs is 3. The summed E-state index contributed by atoms with van der Waals surface area (Å²) in [6.07, 6.45) is -4.86. The SMILES string of the molecule is CSNc1nn(C)c2c(-c3cc4sc(N5CCOCC5)nc4nc3C(Cc3cc(F)cc(F)c3)NC(=O)Cn3nc(C(F)(F)F)c4c3C(F)(F)CC4)cccc12. The number of nitrogens with zero attached hydrogens (tertiary/aromatic N) is 7. The van der Waals surface area contributed by atoms with Crippen LogP contribution in [0.2, 0.25) is 0 Å². The fourth-order valence-electron chi connectivity index (χ4n) is 7.41. The molecule has 4 aromatic heterocycles. The highest BCUT2D eigenvalue weighted by Gasteiger charge is 2.50. The summed E-state index contributed by atoms with van der Waals surface area (Å²) in [7, 11) is 1.76. The van der Waals surface area contributed by atoms with Gasteiger partial charge in [0.05, 0.1) is 35.2 Å². The van der Waals surface area contributed by atoms with E-state index in [-0.39, 0.29) is 17.7 Å². The number of thiazole rings is 1. The molecule has 1 amide bonds. The second-order valence-corrected chi connectivity index (χ2v) is 15.1. The number of benzene rings is 2. The van der Waals surface area contributed by atoms with Gasteiger partial charge in [0, 0.05) is 61.0 Å². The minimum absolute atomic E-state index is 0.115. The molecule has 0 bridgehead atoms. The van der Waals surface area contributed by atoms with Crippen molar-refractivity contribution in [1.82, 2.24) is 34.8 Å². The summed E-state index contributed by atoms with van der Waals surface area (Å²) < 4.78 is 112. The summed E-state index contributed by atoms with van der Waals surface area (Å²) in [6, 6.07) is 9.02. The van der Waals surface area contributed by atoms with Crippen molar-refractivity contribution >= 4 is 61.4 Å². The molecule has 2 N–H and O–H groups in total. The Kier molecular flexibility index (Phi) is 9.84. The fourth-order valence-corrected chi connectivity index (χ4v) is 8.75. The molecule has 20 heteroatoms. The number of ether oxygens (including phenoxy) is 1. The number of hydrogen-bond donors (Lipinski definition) is 2. The maximum atomic E-state index is 15.0. The molecule has 8 rings (SSSR count). The van der Waals surface area contributed by atoms with Gasteiger partial charge >= 0.3 is 6.18 Å². The van der Waals surface area contributed by atoms with E-state index in [1.54, 1.807) is 11.7 Å². The van der Waals surface area contributed by atoms with Crippen LogP contribution in [0.15, 0.2) is 42.5 Å². The van der Waals surface area contributed by atoms with Crippen molar-refractivity contribution < 1.29 is 40.3 Å². The number of rotatable bonds is 10. The van der Waals surface area contributed by atoms with Crippen LogP contribution in [0.25, 0.3) is 32.4 Å². The molecule has 0 saturated carbocycles. The smallest absolute Gasteiger partial charge is 0.378 e. The molecule has 1 fully saturated rings. The van der Waals surface area contributed by atoms with Crippen LogP contribution in [-0.4, -0.2) is 68.0 Å². The summed E-state index contributed by atoms with van der Waals surface area (Å²) in [4.78, 5) is 25.7. The Balaban J connectivity index is 1.28. The molecule has 1 saturated heterocycles. The molecule has 11 nitrogen and oxygen atoms in total. The topological polar surface area (TPSA) is 115 Å². The molecule has 2 aliphatic rings. The van der Waals surface area contributed by atoms with Crippen molar-refractivity contribution in [2.45, 2.75) is 43.9 Å². The van der Waals surface area contributed by atoms with E-state index in [0.29, 0.717) is 75.0 Å². The fraction of sp³-hybridized carbons (Fsp3) is 0.361. The van der Waals surface area contributed by atoms with E-state index in [9.17, 15) is 26.7 Å². The van der Waals surface area contributed by atoms with Crippen LogP contribution in [0, 0.1) is 11.6 Å². The molecular weight excluding hydrogens is 788 g/mol. The average Bonchev–Trinajstić information content (AvgIpc) is 3.89. The van der Waals surface area contributed by atoms with Crippen molar-refractivity contribution in [2.24, 2.45) is 7.05 Å². The number of morpholine rings is 1. The molecule has 1 atom stereocenters. The third kappa shape index (κ3) is 7.13. The zero-order chi connectivity index (χ0) is 39.5. The van der Waals surface area contributed by atoms with Gasteiger partial charge in [-0.2, -0.15) is 37.1 Å². The van der Waals surface area contributed by atoms with Crippen molar-refractivity contribution in [1.29, 1.82) is 0 Å². The first-order chi connectivity index (χ1) is 26.7.